The molecule has 9 heteroatoms. The molecule has 1 N–H and O–H groups in total. The number of carbonyl (C=O) groups excluding carboxylic acids is 2. The number of nitrogens with one attached hydrogen (secondary N) is 1. The van der Waals surface area contributed by atoms with Gasteiger partial charge in [0, 0.05) is 17.6 Å². The predicted molar refractivity (Wildman–Crippen MR) is 152 cm³/mol. The molecule has 0 aromatic heterocycles. The zero-order valence-electron chi connectivity index (χ0n) is 22.1. The van der Waals surface area contributed by atoms with Gasteiger partial charge >= 0.3 is 0 Å². The van der Waals surface area contributed by atoms with Gasteiger partial charge in [-0.3, -0.25) is 13.9 Å². The Morgan fingerprint density at radius 1 is 0.921 bits per heavy atom. The van der Waals surface area contributed by atoms with Gasteiger partial charge in [0.15, 0.2) is 0 Å². The van der Waals surface area contributed by atoms with Crippen LogP contribution in [0.5, 0.6) is 0 Å². The highest BCUT2D eigenvalue weighted by Gasteiger charge is 2.32. The van der Waals surface area contributed by atoms with Crippen molar-refractivity contribution in [2.45, 2.75) is 57.6 Å². The normalized spacial score (nSPS) is 12.9. The van der Waals surface area contributed by atoms with E-state index in [1.54, 1.807) is 43.3 Å². The van der Waals surface area contributed by atoms with Crippen LogP contribution in [0.2, 0.25) is 5.02 Å². The fourth-order valence-electron chi connectivity index (χ4n) is 3.80. The predicted octanol–water partition coefficient (Wildman–Crippen LogP) is 5.18. The number of carbonyl (C=O) groups is 2. The Hall–Kier alpha value is -3.36. The molecule has 2 amide bonds. The summed E-state index contributed by atoms with van der Waals surface area (Å²) in [7, 11) is -4.11. The molecule has 0 aliphatic carbocycles. The zero-order valence-corrected chi connectivity index (χ0v) is 23.7. The van der Waals surface area contributed by atoms with Crippen molar-refractivity contribution in [1.29, 1.82) is 0 Å². The molecule has 0 spiro atoms. The first-order valence-electron chi connectivity index (χ1n) is 12.5. The van der Waals surface area contributed by atoms with Crippen LogP contribution in [-0.2, 0) is 26.2 Å². The van der Waals surface area contributed by atoms with E-state index in [2.05, 4.69) is 5.32 Å². The van der Waals surface area contributed by atoms with Gasteiger partial charge < -0.3 is 10.2 Å². The van der Waals surface area contributed by atoms with Crippen LogP contribution >= 0.6 is 11.6 Å². The number of amides is 2. The van der Waals surface area contributed by atoms with Crippen molar-refractivity contribution in [3.05, 3.63) is 95.0 Å². The van der Waals surface area contributed by atoms with Gasteiger partial charge in [0.1, 0.15) is 12.6 Å². The standard InChI is InChI=1S/C29H34ClN3O4S/c1-5-22(3)31-29(35)23(4)32(19-24-9-7-6-8-10-24)28(34)20-33(26-15-13-25(30)14-16-26)38(36,37)27-17-11-21(2)12-18-27/h6-18,22-23H,5,19-20H2,1-4H3,(H,31,35). The molecule has 3 rings (SSSR count). The number of halogens is 1. The van der Waals surface area contributed by atoms with Gasteiger partial charge in [0.2, 0.25) is 11.8 Å². The van der Waals surface area contributed by atoms with Crippen molar-refractivity contribution >= 4 is 39.1 Å². The number of rotatable bonds is 11. The summed E-state index contributed by atoms with van der Waals surface area (Å²) >= 11 is 6.05. The molecule has 202 valence electrons. The quantitative estimate of drug-likeness (QED) is 0.353. The minimum atomic E-state index is -4.11. The lowest BCUT2D eigenvalue weighted by Crippen LogP contribution is -2.52. The van der Waals surface area contributed by atoms with Gasteiger partial charge in [-0.1, -0.05) is 66.6 Å². The van der Waals surface area contributed by atoms with Gasteiger partial charge in [-0.15, -0.1) is 0 Å². The summed E-state index contributed by atoms with van der Waals surface area (Å²) in [5, 5.41) is 3.36. The number of nitrogens with zero attached hydrogens (tertiary/aromatic N) is 2. The third-order valence-electron chi connectivity index (χ3n) is 6.37. The molecule has 3 aromatic rings. The van der Waals surface area contributed by atoms with E-state index in [9.17, 15) is 18.0 Å². The Bertz CT molecular complexity index is 1330. The lowest BCUT2D eigenvalue weighted by Gasteiger charge is -2.32. The second-order valence-corrected chi connectivity index (χ2v) is 11.6. The molecule has 2 atom stereocenters. The Balaban J connectivity index is 2.00. The van der Waals surface area contributed by atoms with Crippen LogP contribution in [0.3, 0.4) is 0 Å². The Morgan fingerprint density at radius 2 is 1.53 bits per heavy atom. The zero-order chi connectivity index (χ0) is 27.9. The molecule has 2 unspecified atom stereocenters. The molecule has 7 nitrogen and oxygen atoms in total. The third-order valence-corrected chi connectivity index (χ3v) is 8.41. The van der Waals surface area contributed by atoms with Crippen molar-refractivity contribution in [2.75, 3.05) is 10.8 Å². The number of hydrogen-bond acceptors (Lipinski definition) is 4. The molecule has 0 aliphatic heterocycles. The molecule has 0 aliphatic rings. The first-order valence-corrected chi connectivity index (χ1v) is 14.3. The summed E-state index contributed by atoms with van der Waals surface area (Å²) in [5.41, 5.74) is 2.02. The van der Waals surface area contributed by atoms with Crippen LogP contribution in [0, 0.1) is 6.92 Å². The molecule has 0 saturated heterocycles. The number of hydrogen-bond donors (Lipinski definition) is 1. The lowest BCUT2D eigenvalue weighted by atomic mass is 10.1. The van der Waals surface area contributed by atoms with E-state index >= 15 is 0 Å². The van der Waals surface area contributed by atoms with E-state index in [4.69, 9.17) is 11.6 Å². The van der Waals surface area contributed by atoms with Crippen LogP contribution in [0.25, 0.3) is 0 Å². The van der Waals surface area contributed by atoms with E-state index in [1.807, 2.05) is 51.1 Å². The van der Waals surface area contributed by atoms with E-state index in [1.165, 1.54) is 17.0 Å². The second kappa shape index (κ2) is 12.9. The largest absolute Gasteiger partial charge is 0.352 e. The van der Waals surface area contributed by atoms with E-state index in [0.29, 0.717) is 10.7 Å². The van der Waals surface area contributed by atoms with Crippen LogP contribution in [0.4, 0.5) is 5.69 Å². The highest BCUT2D eigenvalue weighted by Crippen LogP contribution is 2.26. The maximum Gasteiger partial charge on any atom is 0.264 e. The van der Waals surface area contributed by atoms with Crippen LogP contribution in [0.1, 0.15) is 38.3 Å². The van der Waals surface area contributed by atoms with Gasteiger partial charge in [-0.25, -0.2) is 8.42 Å². The Morgan fingerprint density at radius 3 is 2.11 bits per heavy atom. The highest BCUT2D eigenvalue weighted by molar-refractivity contribution is 7.92. The SMILES string of the molecule is CCC(C)NC(=O)C(C)N(Cc1ccccc1)C(=O)CN(c1ccc(Cl)cc1)S(=O)(=O)c1ccc(C)cc1. The fraction of sp³-hybridized carbons (Fsp3) is 0.310. The second-order valence-electron chi connectivity index (χ2n) is 9.30. The smallest absolute Gasteiger partial charge is 0.264 e. The molecular formula is C29H34ClN3O4S. The van der Waals surface area contributed by atoms with Crippen LogP contribution < -0.4 is 9.62 Å². The minimum absolute atomic E-state index is 0.0584. The Labute approximate surface area is 230 Å². The molecule has 3 aromatic carbocycles. The highest BCUT2D eigenvalue weighted by atomic mass is 35.5. The van der Waals surface area contributed by atoms with E-state index in [0.717, 1.165) is 21.9 Å². The number of aryl methyl sites for hydroxylation is 1. The maximum atomic E-state index is 13.8. The summed E-state index contributed by atoms with van der Waals surface area (Å²) in [5.74, 6) is -0.811. The summed E-state index contributed by atoms with van der Waals surface area (Å²) in [6.07, 6.45) is 0.740. The first-order chi connectivity index (χ1) is 18.0. The van der Waals surface area contributed by atoms with Gasteiger partial charge in [-0.05, 0) is 69.2 Å². The summed E-state index contributed by atoms with van der Waals surface area (Å²) in [6, 6.07) is 21.1. The minimum Gasteiger partial charge on any atom is -0.352 e. The summed E-state index contributed by atoms with van der Waals surface area (Å²) in [4.78, 5) is 28.4. The number of anilines is 1. The third kappa shape index (κ3) is 7.36. The molecule has 0 heterocycles. The first kappa shape index (κ1) is 29.2. The van der Waals surface area contributed by atoms with Crippen LogP contribution in [-0.4, -0.2) is 43.8 Å². The van der Waals surface area contributed by atoms with Crippen molar-refractivity contribution in [2.24, 2.45) is 0 Å². The Kier molecular flexibility index (Phi) is 9.94. The molecule has 0 bridgehead atoms. The average Bonchev–Trinajstić information content (AvgIpc) is 2.91. The van der Waals surface area contributed by atoms with Crippen molar-refractivity contribution in [3.63, 3.8) is 0 Å². The van der Waals surface area contributed by atoms with Crippen molar-refractivity contribution < 1.29 is 18.0 Å². The van der Waals surface area contributed by atoms with E-state index < -0.39 is 28.5 Å². The maximum absolute atomic E-state index is 13.8. The van der Waals surface area contributed by atoms with Gasteiger partial charge in [-0.2, -0.15) is 0 Å². The van der Waals surface area contributed by atoms with Crippen molar-refractivity contribution in [3.8, 4) is 0 Å². The number of benzene rings is 3. The summed E-state index contributed by atoms with van der Waals surface area (Å²) < 4.78 is 28.6. The summed E-state index contributed by atoms with van der Waals surface area (Å²) in [6.45, 7) is 7.02. The van der Waals surface area contributed by atoms with Gasteiger partial charge in [0.05, 0.1) is 10.6 Å². The molecule has 0 saturated carbocycles. The van der Waals surface area contributed by atoms with Crippen molar-refractivity contribution in [1.82, 2.24) is 10.2 Å². The molecule has 0 radical (unpaired) electrons. The topological polar surface area (TPSA) is 86.8 Å². The fourth-order valence-corrected chi connectivity index (χ4v) is 5.34. The molecule has 0 fully saturated rings. The van der Waals surface area contributed by atoms with Gasteiger partial charge in [0.25, 0.3) is 10.0 Å². The lowest BCUT2D eigenvalue weighted by molar-refractivity contribution is -0.139. The molecule has 38 heavy (non-hydrogen) atoms. The van der Waals surface area contributed by atoms with E-state index in [-0.39, 0.29) is 23.4 Å². The monoisotopic (exact) mass is 555 g/mol. The number of sulfonamides is 1. The average molecular weight is 556 g/mol. The van der Waals surface area contributed by atoms with Crippen LogP contribution in [0.15, 0.2) is 83.8 Å². The molecular weight excluding hydrogens is 522 g/mol.